The average Bonchev–Trinajstić information content (AvgIpc) is 3.21. The van der Waals surface area contributed by atoms with E-state index in [4.69, 9.17) is 0 Å². The van der Waals surface area contributed by atoms with E-state index < -0.39 is 29.8 Å². The molecule has 3 amide bonds. The van der Waals surface area contributed by atoms with E-state index in [1.54, 1.807) is 41.4 Å². The SMILES string of the molecule is CCn1c(=C(C#N)C(=O)NCC(F)(F)F)sc(=CNc2cccc(NC(=O)CN3CCN(C(C)=O)CC3)n2)c1=O. The third-order valence-electron chi connectivity index (χ3n) is 5.78. The van der Waals surface area contributed by atoms with E-state index in [9.17, 15) is 37.6 Å². The van der Waals surface area contributed by atoms with Gasteiger partial charge in [0.25, 0.3) is 11.5 Å². The zero-order chi connectivity index (χ0) is 29.4. The minimum Gasteiger partial charge on any atom is -0.345 e. The van der Waals surface area contributed by atoms with Crippen LogP contribution in [0.1, 0.15) is 13.8 Å². The van der Waals surface area contributed by atoms with E-state index >= 15 is 0 Å². The van der Waals surface area contributed by atoms with Crippen LogP contribution in [0.4, 0.5) is 24.8 Å². The van der Waals surface area contributed by atoms with Crippen molar-refractivity contribution in [1.82, 2.24) is 24.7 Å². The van der Waals surface area contributed by atoms with Crippen molar-refractivity contribution in [3.8, 4) is 6.07 Å². The van der Waals surface area contributed by atoms with Gasteiger partial charge >= 0.3 is 6.18 Å². The predicted octanol–water partition coefficient (Wildman–Crippen LogP) is -0.370. The highest BCUT2D eigenvalue weighted by molar-refractivity contribution is 7.07. The Morgan fingerprint density at radius 1 is 1.18 bits per heavy atom. The number of hydrogen-bond acceptors (Lipinski definition) is 9. The van der Waals surface area contributed by atoms with Gasteiger partial charge < -0.3 is 20.9 Å². The molecule has 2 aromatic heterocycles. The first-order valence-corrected chi connectivity index (χ1v) is 12.9. The maximum atomic E-state index is 12.8. The van der Waals surface area contributed by atoms with Gasteiger partial charge in [0.1, 0.15) is 33.4 Å². The fourth-order valence-electron chi connectivity index (χ4n) is 3.79. The highest BCUT2D eigenvalue weighted by Crippen LogP contribution is 2.13. The molecular formula is C24H27F3N8O4S. The van der Waals surface area contributed by atoms with Gasteiger partial charge in [-0.2, -0.15) is 18.4 Å². The Morgan fingerprint density at radius 3 is 2.45 bits per heavy atom. The van der Waals surface area contributed by atoms with Gasteiger partial charge in [-0.3, -0.25) is 28.6 Å². The summed E-state index contributed by atoms with van der Waals surface area (Å²) in [5.41, 5.74) is -1.17. The first-order valence-electron chi connectivity index (χ1n) is 12.1. The quantitative estimate of drug-likeness (QED) is 0.383. The Kier molecular flexibility index (Phi) is 10.0. The molecule has 214 valence electrons. The maximum Gasteiger partial charge on any atom is 0.405 e. The number of halogens is 3. The third kappa shape index (κ3) is 8.13. The van der Waals surface area contributed by atoms with E-state index in [0.29, 0.717) is 26.2 Å². The molecule has 1 aliphatic rings. The lowest BCUT2D eigenvalue weighted by Crippen LogP contribution is -2.49. The van der Waals surface area contributed by atoms with Crippen molar-refractivity contribution in [2.24, 2.45) is 0 Å². The van der Waals surface area contributed by atoms with Crippen LogP contribution in [-0.2, 0) is 20.9 Å². The Balaban J connectivity index is 1.74. The number of carbonyl (C=O) groups excluding carboxylic acids is 3. The summed E-state index contributed by atoms with van der Waals surface area (Å²) in [5.74, 6) is -1.00. The van der Waals surface area contributed by atoms with Crippen molar-refractivity contribution < 1.29 is 27.6 Å². The number of anilines is 2. The standard InChI is InChI=1S/C24H27F3N8O4S/c1-3-35-22(39)17(40-23(35)16(11-28)21(38)30-14-24(25,26)27)12-29-18-5-4-6-19(31-18)32-20(37)13-33-7-9-34(10-8-33)15(2)36/h4-6,12H,3,7-10,13-14H2,1-2H3,(H,30,38)(H2,29,31,32,37). The summed E-state index contributed by atoms with van der Waals surface area (Å²) >= 11 is 0.764. The van der Waals surface area contributed by atoms with E-state index in [2.05, 4.69) is 15.6 Å². The molecule has 0 atom stereocenters. The molecule has 1 fully saturated rings. The van der Waals surface area contributed by atoms with Crippen LogP contribution in [0.5, 0.6) is 0 Å². The van der Waals surface area contributed by atoms with E-state index in [-0.39, 0.29) is 45.7 Å². The van der Waals surface area contributed by atoms with E-state index in [1.807, 2.05) is 4.90 Å². The molecule has 0 unspecified atom stereocenters. The van der Waals surface area contributed by atoms with Crippen LogP contribution in [0.2, 0.25) is 0 Å². The van der Waals surface area contributed by atoms with Crippen LogP contribution in [0, 0.1) is 11.3 Å². The first kappa shape index (κ1) is 30.3. The molecule has 0 radical (unpaired) electrons. The fraction of sp³-hybridized carbons (Fsp3) is 0.417. The molecule has 0 saturated carbocycles. The number of nitriles is 1. The second kappa shape index (κ2) is 13.2. The molecule has 0 bridgehead atoms. The second-order valence-electron chi connectivity index (χ2n) is 8.63. The number of nitrogens with zero attached hydrogens (tertiary/aromatic N) is 5. The Hall–Kier alpha value is -4.23. The van der Waals surface area contributed by atoms with Gasteiger partial charge in [-0.15, -0.1) is 11.3 Å². The number of piperazine rings is 1. The number of alkyl halides is 3. The van der Waals surface area contributed by atoms with Crippen molar-refractivity contribution >= 4 is 52.5 Å². The summed E-state index contributed by atoms with van der Waals surface area (Å²) in [4.78, 5) is 56.9. The lowest BCUT2D eigenvalue weighted by Gasteiger charge is -2.33. The van der Waals surface area contributed by atoms with Gasteiger partial charge in [0, 0.05) is 45.8 Å². The zero-order valence-electron chi connectivity index (χ0n) is 21.7. The highest BCUT2D eigenvalue weighted by Gasteiger charge is 2.29. The Bertz CT molecular complexity index is 1490. The number of hydrogen-bond donors (Lipinski definition) is 3. The van der Waals surface area contributed by atoms with Crippen molar-refractivity contribution in [2.75, 3.05) is 49.9 Å². The first-order chi connectivity index (χ1) is 18.9. The molecule has 3 rings (SSSR count). The number of pyridine rings is 1. The molecule has 16 heteroatoms. The van der Waals surface area contributed by atoms with Crippen LogP contribution < -0.4 is 30.7 Å². The van der Waals surface area contributed by atoms with Crippen LogP contribution in [0.15, 0.2) is 23.0 Å². The summed E-state index contributed by atoms with van der Waals surface area (Å²) in [7, 11) is 0. The summed E-state index contributed by atoms with van der Waals surface area (Å²) in [6.07, 6.45) is -3.36. The molecule has 3 heterocycles. The van der Waals surface area contributed by atoms with Gasteiger partial charge in [0.15, 0.2) is 5.57 Å². The zero-order valence-corrected chi connectivity index (χ0v) is 22.5. The van der Waals surface area contributed by atoms with Gasteiger partial charge in [-0.1, -0.05) is 6.07 Å². The molecule has 40 heavy (non-hydrogen) atoms. The largest absolute Gasteiger partial charge is 0.405 e. The van der Waals surface area contributed by atoms with Crippen LogP contribution in [0.3, 0.4) is 0 Å². The lowest BCUT2D eigenvalue weighted by molar-refractivity contribution is -0.135. The summed E-state index contributed by atoms with van der Waals surface area (Å²) in [6, 6.07) is 6.37. The molecule has 3 N–H and O–H groups in total. The molecular weight excluding hydrogens is 553 g/mol. The summed E-state index contributed by atoms with van der Waals surface area (Å²) in [6.45, 7) is 3.92. The lowest BCUT2D eigenvalue weighted by atomic mass is 10.3. The predicted molar refractivity (Wildman–Crippen MR) is 141 cm³/mol. The molecule has 0 aromatic carbocycles. The molecule has 0 spiro atoms. The van der Waals surface area contributed by atoms with Crippen LogP contribution >= 0.6 is 11.3 Å². The van der Waals surface area contributed by atoms with E-state index in [0.717, 1.165) is 15.9 Å². The topological polar surface area (TPSA) is 152 Å². The van der Waals surface area contributed by atoms with Crippen molar-refractivity contribution in [3.05, 3.63) is 37.7 Å². The van der Waals surface area contributed by atoms with Gasteiger partial charge in [0.2, 0.25) is 11.8 Å². The van der Waals surface area contributed by atoms with Gasteiger partial charge in [-0.25, -0.2) is 4.98 Å². The number of carbonyl (C=O) groups is 3. The van der Waals surface area contributed by atoms with E-state index in [1.165, 1.54) is 13.1 Å². The monoisotopic (exact) mass is 580 g/mol. The minimum atomic E-state index is -4.66. The summed E-state index contributed by atoms with van der Waals surface area (Å²) < 4.78 is 38.6. The van der Waals surface area contributed by atoms with Crippen molar-refractivity contribution in [1.29, 1.82) is 5.26 Å². The smallest absolute Gasteiger partial charge is 0.345 e. The molecule has 2 aromatic rings. The normalized spacial score (nSPS) is 15.3. The molecule has 1 aliphatic heterocycles. The molecule has 0 aliphatic carbocycles. The average molecular weight is 581 g/mol. The van der Waals surface area contributed by atoms with Gasteiger partial charge in [-0.05, 0) is 19.1 Å². The number of aromatic nitrogens is 2. The molecule has 1 saturated heterocycles. The second-order valence-corrected chi connectivity index (χ2v) is 9.66. The number of rotatable bonds is 8. The minimum absolute atomic E-state index is 0.00290. The number of thiazole rings is 1. The van der Waals surface area contributed by atoms with Crippen molar-refractivity contribution in [3.63, 3.8) is 0 Å². The summed E-state index contributed by atoms with van der Waals surface area (Å²) in [5, 5.41) is 16.6. The Morgan fingerprint density at radius 2 is 1.85 bits per heavy atom. The number of amides is 3. The highest BCUT2D eigenvalue weighted by atomic mass is 32.1. The van der Waals surface area contributed by atoms with Crippen molar-refractivity contribution in [2.45, 2.75) is 26.6 Å². The third-order valence-corrected chi connectivity index (χ3v) is 6.91. The van der Waals surface area contributed by atoms with Gasteiger partial charge in [0.05, 0.1) is 6.54 Å². The Labute approximate surface area is 230 Å². The number of nitrogens with one attached hydrogen (secondary N) is 3. The fourth-order valence-corrected chi connectivity index (χ4v) is 4.87. The van der Waals surface area contributed by atoms with Crippen LogP contribution in [-0.4, -0.2) is 82.5 Å². The van der Waals surface area contributed by atoms with Crippen LogP contribution in [0.25, 0.3) is 11.8 Å². The maximum absolute atomic E-state index is 12.8. The molecule has 12 nitrogen and oxygen atoms in total.